The van der Waals surface area contributed by atoms with E-state index in [-0.39, 0.29) is 0 Å². The van der Waals surface area contributed by atoms with Crippen molar-refractivity contribution in [1.82, 2.24) is 15.0 Å². The van der Waals surface area contributed by atoms with E-state index in [1.54, 1.807) is 27.8 Å². The molecule has 84 valence electrons. The quantitative estimate of drug-likeness (QED) is 0.851. The summed E-state index contributed by atoms with van der Waals surface area (Å²) in [5.41, 5.74) is -0.525. The number of rotatable bonds is 1. The minimum Gasteiger partial charge on any atom is -0.444 e. The van der Waals surface area contributed by atoms with Crippen LogP contribution in [0.4, 0.5) is 10.6 Å². The van der Waals surface area contributed by atoms with E-state index in [0.29, 0.717) is 10.4 Å². The van der Waals surface area contributed by atoms with Gasteiger partial charge in [-0.3, -0.25) is 5.32 Å². The summed E-state index contributed by atoms with van der Waals surface area (Å²) in [6, 6.07) is 0. The lowest BCUT2D eigenvalue weighted by Crippen LogP contribution is -2.28. The fourth-order valence-corrected chi connectivity index (χ4v) is 1.29. The van der Waals surface area contributed by atoms with E-state index in [9.17, 15) is 4.79 Å². The summed E-state index contributed by atoms with van der Waals surface area (Å²) in [5, 5.41) is 9.99. The Balaban J connectivity index is 2.67. The number of nitrogens with zero attached hydrogens (tertiary/aromatic N) is 3. The molecule has 0 atom stereocenters. The Labute approximate surface area is 96.1 Å². The van der Waals surface area contributed by atoms with Gasteiger partial charge in [0.2, 0.25) is 0 Å². The maximum atomic E-state index is 11.4. The molecule has 0 saturated heterocycles. The first-order valence-electron chi connectivity index (χ1n) is 4.35. The number of anilines is 1. The molecule has 0 spiro atoms. The molecular formula is C8H13BrN4O2. The summed E-state index contributed by atoms with van der Waals surface area (Å²) in [4.78, 5) is 11.4. The minimum absolute atomic E-state index is 0.462. The number of hydrogen-bond acceptors (Lipinski definition) is 4. The standard InChI is InChI=1S/C8H13BrN4O2/c1-8(2,3)15-7(14)10-6-5(9)11-12-13(6)4/h1-4H3,(H,10,14). The number of hydrogen-bond donors (Lipinski definition) is 1. The van der Waals surface area contributed by atoms with Gasteiger partial charge in [0.15, 0.2) is 10.4 Å². The molecule has 0 bridgehead atoms. The zero-order chi connectivity index (χ0) is 11.6. The van der Waals surface area contributed by atoms with Crippen molar-refractivity contribution in [2.45, 2.75) is 26.4 Å². The van der Waals surface area contributed by atoms with Gasteiger partial charge in [0.1, 0.15) is 5.60 Å². The molecule has 0 aliphatic heterocycles. The molecule has 1 heterocycles. The van der Waals surface area contributed by atoms with E-state index in [1.165, 1.54) is 4.68 Å². The second kappa shape index (κ2) is 4.18. The van der Waals surface area contributed by atoms with Crippen LogP contribution in [0.5, 0.6) is 0 Å². The van der Waals surface area contributed by atoms with E-state index in [0.717, 1.165) is 0 Å². The highest BCUT2D eigenvalue weighted by Gasteiger charge is 2.18. The molecule has 1 rings (SSSR count). The van der Waals surface area contributed by atoms with Crippen LogP contribution >= 0.6 is 15.9 Å². The normalized spacial score (nSPS) is 11.3. The zero-order valence-electron chi connectivity index (χ0n) is 9.04. The van der Waals surface area contributed by atoms with E-state index in [1.807, 2.05) is 0 Å². The maximum Gasteiger partial charge on any atom is 0.413 e. The molecule has 0 radical (unpaired) electrons. The number of carbonyl (C=O) groups is 1. The van der Waals surface area contributed by atoms with Gasteiger partial charge in [-0.05, 0) is 36.7 Å². The number of amides is 1. The molecule has 1 aromatic rings. The number of carbonyl (C=O) groups excluding carboxylic acids is 1. The molecule has 6 nitrogen and oxygen atoms in total. The molecule has 15 heavy (non-hydrogen) atoms. The van der Waals surface area contributed by atoms with E-state index in [4.69, 9.17) is 4.74 Å². The average Bonchev–Trinajstić information content (AvgIpc) is 2.32. The van der Waals surface area contributed by atoms with Crippen LogP contribution in [-0.4, -0.2) is 26.7 Å². The van der Waals surface area contributed by atoms with Crippen molar-refractivity contribution in [3.63, 3.8) is 0 Å². The minimum atomic E-state index is -0.534. The van der Waals surface area contributed by atoms with Crippen molar-refractivity contribution in [3.05, 3.63) is 4.60 Å². The van der Waals surface area contributed by atoms with E-state index < -0.39 is 11.7 Å². The Morgan fingerprint density at radius 2 is 2.13 bits per heavy atom. The number of halogens is 1. The lowest BCUT2D eigenvalue weighted by molar-refractivity contribution is 0.0634. The first-order valence-corrected chi connectivity index (χ1v) is 5.14. The van der Waals surface area contributed by atoms with Crippen molar-refractivity contribution in [3.8, 4) is 0 Å². The van der Waals surface area contributed by atoms with Gasteiger partial charge in [0.25, 0.3) is 0 Å². The summed E-state index contributed by atoms with van der Waals surface area (Å²) in [6.45, 7) is 5.38. The van der Waals surface area contributed by atoms with Crippen LogP contribution in [-0.2, 0) is 11.8 Å². The topological polar surface area (TPSA) is 69.0 Å². The van der Waals surface area contributed by atoms with Crippen LogP contribution in [0.25, 0.3) is 0 Å². The zero-order valence-corrected chi connectivity index (χ0v) is 10.6. The fraction of sp³-hybridized carbons (Fsp3) is 0.625. The lowest BCUT2D eigenvalue weighted by atomic mass is 10.2. The molecule has 7 heteroatoms. The SMILES string of the molecule is Cn1nnc(Br)c1NC(=O)OC(C)(C)C. The molecule has 0 aliphatic carbocycles. The molecular weight excluding hydrogens is 264 g/mol. The molecule has 0 unspecified atom stereocenters. The smallest absolute Gasteiger partial charge is 0.413 e. The maximum absolute atomic E-state index is 11.4. The van der Waals surface area contributed by atoms with Gasteiger partial charge in [-0.1, -0.05) is 5.21 Å². The summed E-state index contributed by atoms with van der Waals surface area (Å²) in [5.74, 6) is 0.462. The third-order valence-electron chi connectivity index (χ3n) is 1.41. The van der Waals surface area contributed by atoms with E-state index >= 15 is 0 Å². The van der Waals surface area contributed by atoms with Gasteiger partial charge in [-0.15, -0.1) is 5.10 Å². The van der Waals surface area contributed by atoms with Crippen molar-refractivity contribution >= 4 is 27.8 Å². The molecule has 1 N–H and O–H groups in total. The third kappa shape index (κ3) is 3.50. The highest BCUT2D eigenvalue weighted by atomic mass is 79.9. The van der Waals surface area contributed by atoms with Crippen LogP contribution < -0.4 is 5.32 Å². The molecule has 0 saturated carbocycles. The molecule has 0 fully saturated rings. The van der Waals surface area contributed by atoms with Gasteiger partial charge in [-0.2, -0.15) is 0 Å². The summed E-state index contributed by atoms with van der Waals surface area (Å²) < 4.78 is 6.99. The predicted octanol–water partition coefficient (Wildman–Crippen LogP) is 1.92. The first kappa shape index (κ1) is 12.0. The van der Waals surface area contributed by atoms with Crippen LogP contribution in [0.2, 0.25) is 0 Å². The van der Waals surface area contributed by atoms with Crippen molar-refractivity contribution in [2.24, 2.45) is 7.05 Å². The fourth-order valence-electron chi connectivity index (χ4n) is 0.865. The van der Waals surface area contributed by atoms with Crippen LogP contribution in [0.15, 0.2) is 4.60 Å². The summed E-state index contributed by atoms with van der Waals surface area (Å²) >= 11 is 3.16. The number of aryl methyl sites for hydroxylation is 1. The van der Waals surface area contributed by atoms with Gasteiger partial charge in [0, 0.05) is 7.05 Å². The van der Waals surface area contributed by atoms with Crippen LogP contribution in [0.3, 0.4) is 0 Å². The Kier molecular flexibility index (Phi) is 3.33. The number of aromatic nitrogens is 3. The van der Waals surface area contributed by atoms with Gasteiger partial charge < -0.3 is 4.74 Å². The van der Waals surface area contributed by atoms with Gasteiger partial charge in [-0.25, -0.2) is 9.48 Å². The van der Waals surface area contributed by atoms with Gasteiger partial charge >= 0.3 is 6.09 Å². The Hall–Kier alpha value is -1.11. The largest absolute Gasteiger partial charge is 0.444 e. The van der Waals surface area contributed by atoms with Crippen molar-refractivity contribution < 1.29 is 9.53 Å². The molecule has 1 amide bonds. The Morgan fingerprint density at radius 3 is 2.53 bits per heavy atom. The third-order valence-corrected chi connectivity index (χ3v) is 1.94. The predicted molar refractivity (Wildman–Crippen MR) is 58.6 cm³/mol. The second-order valence-corrected chi connectivity index (χ2v) is 4.73. The van der Waals surface area contributed by atoms with Crippen molar-refractivity contribution in [1.29, 1.82) is 0 Å². The van der Waals surface area contributed by atoms with Crippen LogP contribution in [0, 0.1) is 0 Å². The average molecular weight is 277 g/mol. The molecule has 0 aliphatic rings. The van der Waals surface area contributed by atoms with E-state index in [2.05, 4.69) is 31.6 Å². The first-order chi connectivity index (χ1) is 6.79. The van der Waals surface area contributed by atoms with Crippen LogP contribution in [0.1, 0.15) is 20.8 Å². The Bertz CT molecular complexity index is 350. The summed E-state index contributed by atoms with van der Waals surface area (Å²) in [7, 11) is 1.67. The van der Waals surface area contributed by atoms with Gasteiger partial charge in [0.05, 0.1) is 0 Å². The number of ether oxygens (including phenoxy) is 1. The number of nitrogens with one attached hydrogen (secondary N) is 1. The lowest BCUT2D eigenvalue weighted by Gasteiger charge is -2.19. The summed E-state index contributed by atoms with van der Waals surface area (Å²) in [6.07, 6.45) is -0.534. The second-order valence-electron chi connectivity index (χ2n) is 3.98. The Morgan fingerprint density at radius 1 is 1.53 bits per heavy atom. The highest BCUT2D eigenvalue weighted by molar-refractivity contribution is 9.10. The van der Waals surface area contributed by atoms with Crippen molar-refractivity contribution in [2.75, 3.05) is 5.32 Å². The molecule has 1 aromatic heterocycles. The monoisotopic (exact) mass is 276 g/mol. The highest BCUT2D eigenvalue weighted by Crippen LogP contribution is 2.18. The molecule has 0 aromatic carbocycles.